The average molecular weight is 304 g/mol. The van der Waals surface area contributed by atoms with Crippen molar-refractivity contribution in [1.82, 2.24) is 0 Å². The molecule has 1 saturated heterocycles. The standard InChI is InChI=1S/C16H20N2O4/c1-9-5-4-6-13(10(9)2)18-8-12(7-14(18)19)16(21)22-11(3)15(17)20/h4-6,11-12H,7-8H2,1-3H3,(H2,17,20)/t11-,12+/m0/s1. The molecule has 2 amide bonds. The normalized spacial score (nSPS) is 19.1. The minimum absolute atomic E-state index is 0.0810. The molecule has 22 heavy (non-hydrogen) atoms. The zero-order valence-corrected chi connectivity index (χ0v) is 13.0. The molecule has 0 bridgehead atoms. The number of hydrogen-bond donors (Lipinski definition) is 1. The molecule has 0 saturated carbocycles. The number of benzene rings is 1. The van der Waals surface area contributed by atoms with Crippen LogP contribution in [0, 0.1) is 19.8 Å². The van der Waals surface area contributed by atoms with Crippen molar-refractivity contribution < 1.29 is 19.1 Å². The minimum Gasteiger partial charge on any atom is -0.452 e. The van der Waals surface area contributed by atoms with Gasteiger partial charge in [0.25, 0.3) is 5.91 Å². The van der Waals surface area contributed by atoms with Crippen LogP contribution >= 0.6 is 0 Å². The molecule has 1 heterocycles. The van der Waals surface area contributed by atoms with E-state index >= 15 is 0 Å². The van der Waals surface area contributed by atoms with Crippen LogP contribution in [0.1, 0.15) is 24.5 Å². The third-order valence-corrected chi connectivity index (χ3v) is 4.02. The van der Waals surface area contributed by atoms with E-state index in [2.05, 4.69) is 0 Å². The number of nitrogens with zero attached hydrogens (tertiary/aromatic N) is 1. The van der Waals surface area contributed by atoms with Crippen LogP contribution in [-0.2, 0) is 19.1 Å². The number of primary amides is 1. The number of aryl methyl sites for hydroxylation is 1. The van der Waals surface area contributed by atoms with Crippen LogP contribution in [0.4, 0.5) is 5.69 Å². The smallest absolute Gasteiger partial charge is 0.312 e. The molecule has 2 atom stereocenters. The number of nitrogens with two attached hydrogens (primary N) is 1. The van der Waals surface area contributed by atoms with Gasteiger partial charge in [-0.1, -0.05) is 12.1 Å². The highest BCUT2D eigenvalue weighted by Crippen LogP contribution is 2.29. The Balaban J connectivity index is 2.12. The lowest BCUT2D eigenvalue weighted by molar-refractivity contribution is -0.157. The van der Waals surface area contributed by atoms with E-state index in [-0.39, 0.29) is 18.9 Å². The highest BCUT2D eigenvalue weighted by atomic mass is 16.5. The van der Waals surface area contributed by atoms with Gasteiger partial charge in [-0.05, 0) is 38.0 Å². The summed E-state index contributed by atoms with van der Waals surface area (Å²) in [7, 11) is 0. The molecule has 2 rings (SSSR count). The number of rotatable bonds is 4. The molecule has 1 fully saturated rings. The van der Waals surface area contributed by atoms with Crippen molar-refractivity contribution in [2.45, 2.75) is 33.3 Å². The molecule has 118 valence electrons. The molecule has 1 aliphatic heterocycles. The molecule has 1 aromatic carbocycles. The topological polar surface area (TPSA) is 89.7 Å². The minimum atomic E-state index is -0.989. The van der Waals surface area contributed by atoms with Gasteiger partial charge in [-0.3, -0.25) is 14.4 Å². The van der Waals surface area contributed by atoms with Gasteiger partial charge in [-0.25, -0.2) is 0 Å². The first-order valence-corrected chi connectivity index (χ1v) is 7.17. The summed E-state index contributed by atoms with van der Waals surface area (Å²) in [5.41, 5.74) is 7.97. The number of ether oxygens (including phenoxy) is 1. The Morgan fingerprint density at radius 3 is 2.68 bits per heavy atom. The Hall–Kier alpha value is -2.37. The maximum absolute atomic E-state index is 12.2. The third-order valence-electron chi connectivity index (χ3n) is 4.02. The van der Waals surface area contributed by atoms with Crippen LogP contribution in [0.3, 0.4) is 0 Å². The second kappa shape index (κ2) is 6.17. The van der Waals surface area contributed by atoms with E-state index in [0.29, 0.717) is 0 Å². The van der Waals surface area contributed by atoms with Gasteiger partial charge in [0, 0.05) is 18.7 Å². The number of carbonyl (C=O) groups excluding carboxylic acids is 3. The summed E-state index contributed by atoms with van der Waals surface area (Å²) in [6.07, 6.45) is -0.908. The molecular weight excluding hydrogens is 284 g/mol. The molecule has 1 aliphatic rings. The van der Waals surface area contributed by atoms with Crippen molar-refractivity contribution in [2.24, 2.45) is 11.7 Å². The fourth-order valence-corrected chi connectivity index (χ4v) is 2.45. The van der Waals surface area contributed by atoms with E-state index in [9.17, 15) is 14.4 Å². The molecule has 0 aliphatic carbocycles. The molecule has 1 aromatic rings. The zero-order chi connectivity index (χ0) is 16.4. The molecule has 0 radical (unpaired) electrons. The summed E-state index contributed by atoms with van der Waals surface area (Å²) in [6.45, 7) is 5.59. The van der Waals surface area contributed by atoms with Gasteiger partial charge in [0.15, 0.2) is 6.10 Å². The van der Waals surface area contributed by atoms with Crippen molar-refractivity contribution in [1.29, 1.82) is 0 Å². The average Bonchev–Trinajstić information content (AvgIpc) is 2.83. The van der Waals surface area contributed by atoms with Gasteiger partial charge in [-0.15, -0.1) is 0 Å². The third kappa shape index (κ3) is 3.10. The van der Waals surface area contributed by atoms with Gasteiger partial charge in [0.1, 0.15) is 0 Å². The predicted octanol–water partition coefficient (Wildman–Crippen LogP) is 1.07. The Bertz CT molecular complexity index is 627. The summed E-state index contributed by atoms with van der Waals surface area (Å²) in [6, 6.07) is 5.71. The first-order chi connectivity index (χ1) is 10.3. The van der Waals surface area contributed by atoms with E-state index in [1.807, 2.05) is 32.0 Å². The van der Waals surface area contributed by atoms with E-state index in [4.69, 9.17) is 10.5 Å². The van der Waals surface area contributed by atoms with Crippen LogP contribution < -0.4 is 10.6 Å². The second-order valence-electron chi connectivity index (χ2n) is 5.61. The van der Waals surface area contributed by atoms with Crippen molar-refractivity contribution in [3.8, 4) is 0 Å². The lowest BCUT2D eigenvalue weighted by Crippen LogP contribution is -2.33. The first kappa shape index (κ1) is 16.0. The van der Waals surface area contributed by atoms with Crippen LogP contribution in [0.5, 0.6) is 0 Å². The Morgan fingerprint density at radius 1 is 1.36 bits per heavy atom. The number of amides is 2. The molecule has 0 aromatic heterocycles. The molecule has 6 heteroatoms. The Kier molecular flexibility index (Phi) is 4.49. The maximum atomic E-state index is 12.2. The van der Waals surface area contributed by atoms with E-state index in [1.165, 1.54) is 6.92 Å². The summed E-state index contributed by atoms with van der Waals surface area (Å²) < 4.78 is 4.99. The predicted molar refractivity (Wildman–Crippen MR) is 81.1 cm³/mol. The van der Waals surface area contributed by atoms with Crippen LogP contribution in [0.25, 0.3) is 0 Å². The quantitative estimate of drug-likeness (QED) is 0.843. The fraction of sp³-hybridized carbons (Fsp3) is 0.438. The maximum Gasteiger partial charge on any atom is 0.312 e. The number of esters is 1. The summed E-state index contributed by atoms with van der Waals surface area (Å²) in [5.74, 6) is -1.96. The van der Waals surface area contributed by atoms with Crippen molar-refractivity contribution in [2.75, 3.05) is 11.4 Å². The zero-order valence-electron chi connectivity index (χ0n) is 13.0. The first-order valence-electron chi connectivity index (χ1n) is 7.17. The number of carbonyl (C=O) groups is 3. The van der Waals surface area contributed by atoms with Gasteiger partial charge in [-0.2, -0.15) is 0 Å². The summed E-state index contributed by atoms with van der Waals surface area (Å²) in [5, 5.41) is 0. The van der Waals surface area contributed by atoms with Crippen molar-refractivity contribution >= 4 is 23.5 Å². The number of anilines is 1. The summed E-state index contributed by atoms with van der Waals surface area (Å²) in [4.78, 5) is 36.8. The van der Waals surface area contributed by atoms with Crippen molar-refractivity contribution in [3.05, 3.63) is 29.3 Å². The Labute approximate surface area is 129 Å². The van der Waals surface area contributed by atoms with Crippen molar-refractivity contribution in [3.63, 3.8) is 0 Å². The fourth-order valence-electron chi connectivity index (χ4n) is 2.45. The van der Waals surface area contributed by atoms with Gasteiger partial charge < -0.3 is 15.4 Å². The SMILES string of the molecule is Cc1cccc(N2C[C@H](C(=O)O[C@@H](C)C(N)=O)CC2=O)c1C. The van der Waals surface area contributed by atoms with Gasteiger partial charge in [0.05, 0.1) is 5.92 Å². The second-order valence-corrected chi connectivity index (χ2v) is 5.61. The largest absolute Gasteiger partial charge is 0.452 e. The highest BCUT2D eigenvalue weighted by Gasteiger charge is 2.37. The van der Waals surface area contributed by atoms with E-state index in [1.54, 1.807) is 4.90 Å². The van der Waals surface area contributed by atoms with E-state index in [0.717, 1.165) is 16.8 Å². The molecule has 0 spiro atoms. The van der Waals surface area contributed by atoms with Crippen LogP contribution in [0.2, 0.25) is 0 Å². The molecule has 2 N–H and O–H groups in total. The Morgan fingerprint density at radius 2 is 2.05 bits per heavy atom. The van der Waals surface area contributed by atoms with Crippen LogP contribution in [0.15, 0.2) is 18.2 Å². The summed E-state index contributed by atoms with van der Waals surface area (Å²) >= 11 is 0. The monoisotopic (exact) mass is 304 g/mol. The van der Waals surface area contributed by atoms with Gasteiger partial charge in [0.2, 0.25) is 5.91 Å². The van der Waals surface area contributed by atoms with E-state index < -0.39 is 23.9 Å². The lowest BCUT2D eigenvalue weighted by atomic mass is 10.1. The molecule has 6 nitrogen and oxygen atoms in total. The van der Waals surface area contributed by atoms with Gasteiger partial charge >= 0.3 is 5.97 Å². The lowest BCUT2D eigenvalue weighted by Gasteiger charge is -2.20. The highest BCUT2D eigenvalue weighted by molar-refractivity contribution is 6.00. The van der Waals surface area contributed by atoms with Crippen LogP contribution in [-0.4, -0.2) is 30.4 Å². The molecular formula is C16H20N2O4. The number of hydrogen-bond acceptors (Lipinski definition) is 4. The molecule has 0 unspecified atom stereocenters.